The molecule has 0 radical (unpaired) electrons. The molecule has 11 unspecified atom stereocenters. The second kappa shape index (κ2) is 16.8. The first-order valence-corrected chi connectivity index (χ1v) is 19.0. The first-order valence-electron chi connectivity index (χ1n) is 19.0. The molecule has 3 N–H and O–H groups in total. The number of ether oxygens (including phenoxy) is 5. The molecule has 3 fully saturated rings. The summed E-state index contributed by atoms with van der Waals surface area (Å²) >= 11 is 0. The van der Waals surface area contributed by atoms with Crippen molar-refractivity contribution in [2.24, 2.45) is 29.1 Å². The van der Waals surface area contributed by atoms with Crippen molar-refractivity contribution < 1.29 is 62.7 Å². The summed E-state index contributed by atoms with van der Waals surface area (Å²) < 4.78 is 29.2. The van der Waals surface area contributed by atoms with Crippen LogP contribution in [0.4, 0.5) is 4.79 Å². The summed E-state index contributed by atoms with van der Waals surface area (Å²) in [5.41, 5.74) is -4.37. The normalized spacial score (nSPS) is 32.5. The van der Waals surface area contributed by atoms with E-state index in [1.54, 1.807) is 83.1 Å². The number of esters is 3. The molecule has 2 aromatic carbocycles. The van der Waals surface area contributed by atoms with Gasteiger partial charge in [-0.3, -0.25) is 19.2 Å². The number of benzene rings is 2. The van der Waals surface area contributed by atoms with E-state index in [2.05, 4.69) is 5.32 Å². The number of carbonyl (C=O) groups excluding carboxylic acids is 6. The molecule has 2 bridgehead atoms. The number of amides is 1. The van der Waals surface area contributed by atoms with E-state index in [9.17, 15) is 39.0 Å². The van der Waals surface area contributed by atoms with Crippen LogP contribution < -0.4 is 5.32 Å². The summed E-state index contributed by atoms with van der Waals surface area (Å²) in [5, 5.41) is 27.6. The molecule has 304 valence electrons. The van der Waals surface area contributed by atoms with Crippen LogP contribution in [0.15, 0.2) is 60.7 Å². The molecule has 3 aliphatic rings. The van der Waals surface area contributed by atoms with E-state index in [1.807, 2.05) is 0 Å². The molecule has 14 nitrogen and oxygen atoms in total. The van der Waals surface area contributed by atoms with Gasteiger partial charge in [0.05, 0.1) is 42.1 Å². The lowest BCUT2D eigenvalue weighted by Crippen LogP contribution is -2.72. The van der Waals surface area contributed by atoms with Gasteiger partial charge in [0.25, 0.3) is 0 Å². The average Bonchev–Trinajstić information content (AvgIpc) is 3.13. The van der Waals surface area contributed by atoms with E-state index in [-0.39, 0.29) is 38.0 Å². The quantitative estimate of drug-likeness (QED) is 0.195. The molecule has 1 saturated heterocycles. The van der Waals surface area contributed by atoms with Gasteiger partial charge in [0.1, 0.15) is 29.5 Å². The van der Waals surface area contributed by atoms with Crippen molar-refractivity contribution in [3.8, 4) is 0 Å². The van der Waals surface area contributed by atoms with Crippen LogP contribution in [0.1, 0.15) is 89.7 Å². The number of Topliss-reactive ketones (excluding diaryl/α,β-unsaturated/α-hetero) is 2. The SMILES string of the molecule is CC(=O)OC1COCCC(O)C2(C)C(=O)C(=O)C3C(C)C(OC(=O)CC(NC(=O)OC(C)(C)C)c4ccccc4)CC(O)(C3C)C(OC(=O)c3ccccc3)C12. The Balaban J connectivity index is 1.59. The zero-order valence-electron chi connectivity index (χ0n) is 32.9. The van der Waals surface area contributed by atoms with E-state index in [4.69, 9.17) is 23.7 Å². The van der Waals surface area contributed by atoms with Gasteiger partial charge in [-0.15, -0.1) is 0 Å². The van der Waals surface area contributed by atoms with Crippen molar-refractivity contribution in [3.05, 3.63) is 71.8 Å². The molecule has 2 aliphatic carbocycles. The lowest BCUT2D eigenvalue weighted by atomic mass is 9.50. The van der Waals surface area contributed by atoms with Crippen LogP contribution in [0.3, 0.4) is 0 Å². The van der Waals surface area contributed by atoms with Gasteiger partial charge in [0, 0.05) is 31.8 Å². The number of ketones is 2. The van der Waals surface area contributed by atoms with Crippen LogP contribution in [-0.4, -0.2) is 94.6 Å². The molecule has 1 aliphatic heterocycles. The van der Waals surface area contributed by atoms with Gasteiger partial charge in [0.2, 0.25) is 11.6 Å². The number of fused-ring (bicyclic) bond motifs is 3. The number of carbonyl (C=O) groups is 6. The molecule has 2 saturated carbocycles. The van der Waals surface area contributed by atoms with Crippen LogP contribution in [-0.2, 0) is 42.9 Å². The van der Waals surface area contributed by atoms with E-state index in [0.29, 0.717) is 5.56 Å². The van der Waals surface area contributed by atoms with Crippen LogP contribution in [0.5, 0.6) is 0 Å². The first-order chi connectivity index (χ1) is 26.3. The topological polar surface area (TPSA) is 201 Å². The maximum Gasteiger partial charge on any atom is 0.408 e. The summed E-state index contributed by atoms with van der Waals surface area (Å²) in [4.78, 5) is 82.5. The van der Waals surface area contributed by atoms with Gasteiger partial charge < -0.3 is 39.2 Å². The first kappa shape index (κ1) is 42.5. The predicted octanol–water partition coefficient (Wildman–Crippen LogP) is 4.29. The monoisotopic (exact) mass is 779 g/mol. The molecule has 14 heteroatoms. The molecular weight excluding hydrogens is 726 g/mol. The number of aliphatic hydroxyl groups is 2. The van der Waals surface area contributed by atoms with Crippen molar-refractivity contribution in [2.75, 3.05) is 13.2 Å². The standard InChI is InChI=1S/C42H53NO13/c1-23-29(54-32(46)20-28(26-14-10-8-11-15-26)43-39(50)56-40(4,5)6)21-42(51)24(2)33(23)35(47)36(48)41(7)31(45)18-19-52-22-30(53-25(3)44)34(41)37(42)55-38(49)27-16-12-9-13-17-27/h8-17,23-24,28-31,33-34,37,45,51H,18-22H2,1-7H3,(H,43,50). The van der Waals surface area contributed by atoms with E-state index in [0.717, 1.165) is 6.92 Å². The molecule has 2 aromatic rings. The van der Waals surface area contributed by atoms with Gasteiger partial charge in [-0.2, -0.15) is 0 Å². The average molecular weight is 780 g/mol. The summed E-state index contributed by atoms with van der Waals surface area (Å²) in [6.45, 7) is 10.5. The minimum absolute atomic E-state index is 0.0392. The minimum Gasteiger partial charge on any atom is -0.462 e. The second-order valence-corrected chi connectivity index (χ2v) is 16.4. The maximum atomic E-state index is 14.7. The molecular formula is C42H53NO13. The Morgan fingerprint density at radius 1 is 0.946 bits per heavy atom. The van der Waals surface area contributed by atoms with Crippen molar-refractivity contribution >= 4 is 35.6 Å². The second-order valence-electron chi connectivity index (χ2n) is 16.4. The van der Waals surface area contributed by atoms with Gasteiger partial charge >= 0.3 is 24.0 Å². The Morgan fingerprint density at radius 3 is 2.18 bits per heavy atom. The molecule has 0 spiro atoms. The molecule has 0 aromatic heterocycles. The van der Waals surface area contributed by atoms with Crippen LogP contribution >= 0.6 is 0 Å². The fourth-order valence-electron chi connectivity index (χ4n) is 8.65. The lowest BCUT2D eigenvalue weighted by Gasteiger charge is -2.58. The fourth-order valence-corrected chi connectivity index (χ4v) is 8.65. The third-order valence-electron chi connectivity index (χ3n) is 11.6. The highest BCUT2D eigenvalue weighted by atomic mass is 16.6. The van der Waals surface area contributed by atoms with Gasteiger partial charge in [-0.05, 0) is 57.7 Å². The Kier molecular flexibility index (Phi) is 12.8. The predicted molar refractivity (Wildman–Crippen MR) is 199 cm³/mol. The fraction of sp³-hybridized carbons (Fsp3) is 0.571. The Bertz CT molecular complexity index is 1780. The highest BCUT2D eigenvalue weighted by molar-refractivity contribution is 6.40. The number of rotatable bonds is 8. The van der Waals surface area contributed by atoms with Gasteiger partial charge in [-0.1, -0.05) is 62.4 Å². The van der Waals surface area contributed by atoms with Crippen molar-refractivity contribution in [1.82, 2.24) is 5.32 Å². The Labute approximate surface area is 326 Å². The molecule has 5 rings (SSSR count). The number of nitrogens with one attached hydrogen (secondary N) is 1. The summed E-state index contributed by atoms with van der Waals surface area (Å²) in [7, 11) is 0. The largest absolute Gasteiger partial charge is 0.462 e. The van der Waals surface area contributed by atoms with Gasteiger partial charge in [-0.25, -0.2) is 9.59 Å². The van der Waals surface area contributed by atoms with Gasteiger partial charge in [0.15, 0.2) is 0 Å². The maximum absolute atomic E-state index is 14.7. The Hall–Kier alpha value is -4.66. The number of hydrogen-bond donors (Lipinski definition) is 3. The zero-order chi connectivity index (χ0) is 41.2. The number of alkyl carbamates (subject to hydrolysis) is 1. The third kappa shape index (κ3) is 8.82. The number of hydrogen-bond acceptors (Lipinski definition) is 13. The van der Waals surface area contributed by atoms with Crippen LogP contribution in [0.2, 0.25) is 0 Å². The van der Waals surface area contributed by atoms with Crippen molar-refractivity contribution in [2.45, 2.75) is 109 Å². The Morgan fingerprint density at radius 2 is 1.57 bits per heavy atom. The van der Waals surface area contributed by atoms with Crippen LogP contribution in [0, 0.1) is 29.1 Å². The molecule has 56 heavy (non-hydrogen) atoms. The summed E-state index contributed by atoms with van der Waals surface area (Å²) in [6, 6.07) is 15.7. The van der Waals surface area contributed by atoms with Crippen LogP contribution in [0.25, 0.3) is 0 Å². The summed E-state index contributed by atoms with van der Waals surface area (Å²) in [5.74, 6) is -9.07. The van der Waals surface area contributed by atoms with E-state index < -0.39 is 106 Å². The minimum atomic E-state index is -2.21. The molecule has 1 heterocycles. The highest BCUT2D eigenvalue weighted by Crippen LogP contribution is 2.55. The smallest absolute Gasteiger partial charge is 0.408 e. The third-order valence-corrected chi connectivity index (χ3v) is 11.6. The molecule has 1 amide bonds. The van der Waals surface area contributed by atoms with E-state index in [1.165, 1.54) is 19.1 Å². The number of aliphatic hydroxyl groups excluding tert-OH is 1. The van der Waals surface area contributed by atoms with Crippen molar-refractivity contribution in [1.29, 1.82) is 0 Å². The highest BCUT2D eigenvalue weighted by Gasteiger charge is 2.69. The zero-order valence-corrected chi connectivity index (χ0v) is 32.9. The molecule has 11 atom stereocenters. The summed E-state index contributed by atoms with van der Waals surface area (Å²) in [6.07, 6.45) is -7.46. The van der Waals surface area contributed by atoms with E-state index >= 15 is 0 Å². The lowest BCUT2D eigenvalue weighted by molar-refractivity contribution is -0.245. The van der Waals surface area contributed by atoms with Crippen molar-refractivity contribution in [3.63, 3.8) is 0 Å².